The molecule has 5 atom stereocenters. The number of hydrogen-bond donors (Lipinski definition) is 2. The second-order valence-corrected chi connectivity index (χ2v) is 10.8. The van der Waals surface area contributed by atoms with Crippen molar-refractivity contribution in [2.45, 2.75) is 66.9 Å². The van der Waals surface area contributed by atoms with Gasteiger partial charge < -0.3 is 10.2 Å². The number of rotatable bonds is 2. The number of carbonyl (C=O) groups excluding carboxylic acids is 2. The third-order valence-electron chi connectivity index (χ3n) is 9.48. The second-order valence-electron chi connectivity index (χ2n) is 10.8. The molecule has 0 bridgehead atoms. The number of benzene rings is 1. The zero-order valence-electron chi connectivity index (χ0n) is 20.7. The third kappa shape index (κ3) is 2.45. The summed E-state index contributed by atoms with van der Waals surface area (Å²) in [6.45, 7) is 21.6. The molecule has 0 saturated carbocycles. The van der Waals surface area contributed by atoms with Crippen LogP contribution in [0.2, 0.25) is 0 Å². The lowest BCUT2D eigenvalue weighted by Gasteiger charge is -2.63. The van der Waals surface area contributed by atoms with Crippen molar-refractivity contribution in [3.63, 3.8) is 0 Å². The van der Waals surface area contributed by atoms with Gasteiger partial charge in [-0.25, -0.2) is 0 Å². The summed E-state index contributed by atoms with van der Waals surface area (Å²) in [6, 6.07) is 4.10. The molecule has 1 aromatic rings. The number of aliphatic hydroxyl groups excluding tert-OH is 2. The van der Waals surface area contributed by atoms with Crippen LogP contribution >= 0.6 is 0 Å². The summed E-state index contributed by atoms with van der Waals surface area (Å²) in [5.41, 5.74) is 3.70. The zero-order valence-corrected chi connectivity index (χ0v) is 20.7. The molecule has 1 aromatic carbocycles. The van der Waals surface area contributed by atoms with E-state index >= 15 is 0 Å². The van der Waals surface area contributed by atoms with Gasteiger partial charge in [0.15, 0.2) is 11.6 Å². The molecule has 0 spiro atoms. The number of carbonyl (C=O) groups is 2. The van der Waals surface area contributed by atoms with Crippen LogP contribution in [-0.4, -0.2) is 27.9 Å². The van der Waals surface area contributed by atoms with Gasteiger partial charge in [0.1, 0.15) is 5.76 Å². The molecule has 0 fully saturated rings. The fourth-order valence-electron chi connectivity index (χ4n) is 7.26. The number of ketones is 2. The van der Waals surface area contributed by atoms with E-state index < -0.39 is 33.9 Å². The number of fused-ring (bicyclic) bond motifs is 3. The van der Waals surface area contributed by atoms with E-state index in [1.54, 1.807) is 0 Å². The predicted molar refractivity (Wildman–Crippen MR) is 132 cm³/mol. The molecular formula is C29H34O4. The highest BCUT2D eigenvalue weighted by Crippen LogP contribution is 2.70. The first-order valence-electron chi connectivity index (χ1n) is 11.5. The van der Waals surface area contributed by atoms with Gasteiger partial charge >= 0.3 is 0 Å². The minimum absolute atomic E-state index is 0.0553. The summed E-state index contributed by atoms with van der Waals surface area (Å²) in [6.07, 6.45) is 0.928. The summed E-state index contributed by atoms with van der Waals surface area (Å²) in [7, 11) is 0. The van der Waals surface area contributed by atoms with Crippen LogP contribution in [0.3, 0.4) is 0 Å². The fourth-order valence-corrected chi connectivity index (χ4v) is 7.26. The van der Waals surface area contributed by atoms with E-state index in [1.807, 2.05) is 40.7 Å². The second kappa shape index (κ2) is 6.89. The lowest BCUT2D eigenvalue weighted by molar-refractivity contribution is -0.154. The van der Waals surface area contributed by atoms with Crippen LogP contribution in [0.4, 0.5) is 0 Å². The highest BCUT2D eigenvalue weighted by atomic mass is 16.3. The van der Waals surface area contributed by atoms with E-state index in [2.05, 4.69) is 32.2 Å². The van der Waals surface area contributed by atoms with Gasteiger partial charge in [0.2, 0.25) is 0 Å². The number of hydrogen-bond acceptors (Lipinski definition) is 4. The van der Waals surface area contributed by atoms with Crippen molar-refractivity contribution in [1.29, 1.82) is 0 Å². The lowest BCUT2D eigenvalue weighted by Crippen LogP contribution is -2.64. The molecule has 0 heterocycles. The standard InChI is InChI=1S/C29H34O4/c1-10-19-12-11-14(2)21-15(3)24-17(5)29(9)25(32)23(18(6)30)20(31)13-27(29,7)26(33)28(24,8)16(4)22(19)21/h10-12,16,26,31,33H,1,3,13H2,2,4-9H3/t16-,26+,27+,28+,29+/m1/s1. The molecule has 0 amide bonds. The Hall–Kier alpha value is -2.72. The predicted octanol–water partition coefficient (Wildman–Crippen LogP) is 5.85. The van der Waals surface area contributed by atoms with E-state index in [0.29, 0.717) is 0 Å². The largest absolute Gasteiger partial charge is 0.511 e. The van der Waals surface area contributed by atoms with Crippen molar-refractivity contribution in [3.8, 4) is 0 Å². The van der Waals surface area contributed by atoms with Crippen LogP contribution in [-0.2, 0) is 9.59 Å². The fraction of sp³-hybridized carbons (Fsp3) is 0.448. The maximum absolute atomic E-state index is 13.8. The van der Waals surface area contributed by atoms with E-state index in [0.717, 1.165) is 39.0 Å². The van der Waals surface area contributed by atoms with Crippen molar-refractivity contribution >= 4 is 23.2 Å². The van der Waals surface area contributed by atoms with Gasteiger partial charge in [-0.3, -0.25) is 9.59 Å². The van der Waals surface area contributed by atoms with Crippen LogP contribution in [0, 0.1) is 23.2 Å². The molecule has 0 unspecified atom stereocenters. The number of aryl methyl sites for hydroxylation is 1. The summed E-state index contributed by atoms with van der Waals surface area (Å²) in [5, 5.41) is 22.9. The quantitative estimate of drug-likeness (QED) is 0.559. The molecule has 2 N–H and O–H groups in total. The Morgan fingerprint density at radius 2 is 1.82 bits per heavy atom. The van der Waals surface area contributed by atoms with Crippen molar-refractivity contribution < 1.29 is 19.8 Å². The maximum Gasteiger partial charge on any atom is 0.180 e. The molecule has 0 radical (unpaired) electrons. The Morgan fingerprint density at radius 1 is 1.21 bits per heavy atom. The first kappa shape index (κ1) is 23.4. The van der Waals surface area contributed by atoms with Gasteiger partial charge in [-0.05, 0) is 67.0 Å². The molecule has 3 aliphatic carbocycles. The number of Topliss-reactive ketones (excluding diaryl/α,β-unsaturated/α-hetero) is 2. The molecule has 4 heteroatoms. The first-order valence-corrected chi connectivity index (χ1v) is 11.5. The Bertz CT molecular complexity index is 1230. The maximum atomic E-state index is 13.8. The van der Waals surface area contributed by atoms with Gasteiger partial charge in [-0.15, -0.1) is 0 Å². The topological polar surface area (TPSA) is 74.6 Å². The summed E-state index contributed by atoms with van der Waals surface area (Å²) < 4.78 is 0. The minimum atomic E-state index is -1.15. The zero-order chi connectivity index (χ0) is 24.8. The van der Waals surface area contributed by atoms with E-state index in [1.165, 1.54) is 6.92 Å². The number of allylic oxidation sites excluding steroid dienone is 4. The molecule has 4 rings (SSSR count). The monoisotopic (exact) mass is 446 g/mol. The third-order valence-corrected chi connectivity index (χ3v) is 9.48. The van der Waals surface area contributed by atoms with Gasteiger partial charge in [0, 0.05) is 17.3 Å². The Balaban J connectivity index is 2.14. The van der Waals surface area contributed by atoms with Crippen LogP contribution in [0.25, 0.3) is 11.6 Å². The van der Waals surface area contributed by atoms with Crippen LogP contribution in [0.1, 0.15) is 76.1 Å². The average Bonchev–Trinajstić information content (AvgIpc) is 2.73. The SMILES string of the molecule is C=Cc1ccc(C)c2c1[C@@H](C)[C@@]1(C)C(=C(C)[C@@]3(C)C(=O)C(C(C)=O)=C(O)C[C@@]3(C)[C@@H]1O)C2=C. The summed E-state index contributed by atoms with van der Waals surface area (Å²) >= 11 is 0. The highest BCUT2D eigenvalue weighted by molar-refractivity contribution is 6.23. The smallest absolute Gasteiger partial charge is 0.180 e. The molecule has 0 aliphatic heterocycles. The van der Waals surface area contributed by atoms with E-state index in [4.69, 9.17) is 0 Å². The minimum Gasteiger partial charge on any atom is -0.511 e. The molecule has 4 nitrogen and oxygen atoms in total. The highest BCUT2D eigenvalue weighted by Gasteiger charge is 2.68. The van der Waals surface area contributed by atoms with Crippen molar-refractivity contribution in [3.05, 3.63) is 70.0 Å². The molecule has 0 saturated heterocycles. The van der Waals surface area contributed by atoms with Gasteiger partial charge in [0.25, 0.3) is 0 Å². The van der Waals surface area contributed by atoms with E-state index in [9.17, 15) is 19.8 Å². The molecule has 174 valence electrons. The van der Waals surface area contributed by atoms with Crippen LogP contribution in [0.5, 0.6) is 0 Å². The molecule has 33 heavy (non-hydrogen) atoms. The van der Waals surface area contributed by atoms with Gasteiger partial charge in [-0.2, -0.15) is 0 Å². The first-order chi connectivity index (χ1) is 15.2. The Morgan fingerprint density at radius 3 is 2.36 bits per heavy atom. The van der Waals surface area contributed by atoms with Crippen molar-refractivity contribution in [2.24, 2.45) is 16.2 Å². The normalized spacial score (nSPS) is 35.8. The van der Waals surface area contributed by atoms with Crippen molar-refractivity contribution in [2.75, 3.05) is 0 Å². The van der Waals surface area contributed by atoms with Crippen LogP contribution < -0.4 is 0 Å². The molecule has 0 aromatic heterocycles. The van der Waals surface area contributed by atoms with Gasteiger partial charge in [-0.1, -0.05) is 57.7 Å². The summed E-state index contributed by atoms with van der Waals surface area (Å²) in [5.74, 6) is -1.19. The lowest BCUT2D eigenvalue weighted by atomic mass is 9.40. The van der Waals surface area contributed by atoms with Gasteiger partial charge in [0.05, 0.1) is 17.1 Å². The summed E-state index contributed by atoms with van der Waals surface area (Å²) in [4.78, 5) is 26.2. The Labute approximate surface area is 196 Å². The molecule has 3 aliphatic rings. The molecular weight excluding hydrogens is 412 g/mol. The average molecular weight is 447 g/mol. The van der Waals surface area contributed by atoms with E-state index in [-0.39, 0.29) is 23.7 Å². The van der Waals surface area contributed by atoms with Crippen LogP contribution in [0.15, 0.2) is 47.8 Å². The number of aliphatic hydroxyl groups is 2. The van der Waals surface area contributed by atoms with Crippen molar-refractivity contribution in [1.82, 2.24) is 0 Å². The Kier molecular flexibility index (Phi) is 4.90.